The number of hydrogen-bond donors (Lipinski definition) is 1. The number of likely N-dealkylation sites (tertiary alicyclic amines) is 1. The average Bonchev–Trinajstić information content (AvgIpc) is 2.41. The number of amides is 1. The van der Waals surface area contributed by atoms with E-state index in [9.17, 15) is 4.79 Å². The van der Waals surface area contributed by atoms with Crippen LogP contribution < -0.4 is 5.32 Å². The first-order valence-corrected chi connectivity index (χ1v) is 7.07. The average molecular weight is 283 g/mol. The molecule has 0 spiro atoms. The van der Waals surface area contributed by atoms with Crippen LogP contribution in [0.2, 0.25) is 5.15 Å². The Labute approximate surface area is 118 Å². The summed E-state index contributed by atoms with van der Waals surface area (Å²) in [5.41, 5.74) is 0.281. The minimum absolute atomic E-state index is 0.191. The molecule has 0 saturated carbocycles. The molecule has 1 aliphatic heterocycles. The summed E-state index contributed by atoms with van der Waals surface area (Å²) >= 11 is 5.73. The Bertz CT molecular complexity index is 432. The minimum atomic E-state index is -0.191. The van der Waals surface area contributed by atoms with E-state index in [1.165, 1.54) is 18.8 Å². The number of rotatable bonds is 4. The van der Waals surface area contributed by atoms with Crippen LogP contribution in [-0.2, 0) is 0 Å². The fourth-order valence-corrected chi connectivity index (χ4v) is 2.48. The molecule has 0 radical (unpaired) electrons. The van der Waals surface area contributed by atoms with E-state index in [1.807, 2.05) is 0 Å². The number of nitrogens with one attached hydrogen (secondary N) is 1. The fraction of sp³-hybridized carbons (Fsp3) is 0.615. The van der Waals surface area contributed by atoms with Crippen LogP contribution in [0.25, 0.3) is 0 Å². The molecule has 0 unspecified atom stereocenters. The van der Waals surface area contributed by atoms with Gasteiger partial charge in [-0.25, -0.2) is 4.98 Å². The summed E-state index contributed by atoms with van der Waals surface area (Å²) in [6.45, 7) is 5.41. The quantitative estimate of drug-likeness (QED) is 0.914. The molecule has 1 fully saturated rings. The van der Waals surface area contributed by atoms with Gasteiger partial charge in [-0.1, -0.05) is 18.5 Å². The van der Waals surface area contributed by atoms with Gasteiger partial charge >= 0.3 is 0 Å². The lowest BCUT2D eigenvalue weighted by molar-refractivity contribution is 0.0905. The zero-order valence-electron chi connectivity index (χ0n) is 11.1. The summed E-state index contributed by atoms with van der Waals surface area (Å²) in [5, 5.41) is 3.24. The lowest BCUT2D eigenvalue weighted by Crippen LogP contribution is -2.45. The van der Waals surface area contributed by atoms with Gasteiger partial charge in [0, 0.05) is 19.1 Å². The number of nitrogens with zero attached hydrogens (tertiary/aromatic N) is 3. The zero-order chi connectivity index (χ0) is 13.7. The highest BCUT2D eigenvalue weighted by molar-refractivity contribution is 6.29. The van der Waals surface area contributed by atoms with E-state index in [-0.39, 0.29) is 22.8 Å². The summed E-state index contributed by atoms with van der Waals surface area (Å²) < 4.78 is 0. The van der Waals surface area contributed by atoms with Gasteiger partial charge in [-0.3, -0.25) is 9.78 Å². The van der Waals surface area contributed by atoms with Crippen LogP contribution in [0.1, 0.15) is 36.7 Å². The van der Waals surface area contributed by atoms with E-state index >= 15 is 0 Å². The second kappa shape index (κ2) is 6.82. The molecule has 1 amide bonds. The summed E-state index contributed by atoms with van der Waals surface area (Å²) in [7, 11) is 0. The van der Waals surface area contributed by atoms with Gasteiger partial charge in [0.2, 0.25) is 0 Å². The molecule has 2 rings (SSSR count). The van der Waals surface area contributed by atoms with Gasteiger partial charge in [-0.15, -0.1) is 0 Å². The molecule has 0 atom stereocenters. The maximum Gasteiger partial charge on any atom is 0.271 e. The molecule has 6 heteroatoms. The summed E-state index contributed by atoms with van der Waals surface area (Å²) in [6, 6.07) is 0.224. The maximum absolute atomic E-state index is 12.0. The lowest BCUT2D eigenvalue weighted by atomic mass is 10.0. The van der Waals surface area contributed by atoms with Crippen LogP contribution in [0.3, 0.4) is 0 Å². The molecular weight excluding hydrogens is 264 g/mol. The van der Waals surface area contributed by atoms with E-state index in [4.69, 9.17) is 11.6 Å². The molecule has 5 nitrogen and oxygen atoms in total. The Hall–Kier alpha value is -1.20. The van der Waals surface area contributed by atoms with Crippen molar-refractivity contribution in [2.75, 3.05) is 19.6 Å². The van der Waals surface area contributed by atoms with E-state index in [0.717, 1.165) is 32.5 Å². The SMILES string of the molecule is CCCN1CCC(NC(=O)c2cncc(Cl)n2)CC1. The highest BCUT2D eigenvalue weighted by Crippen LogP contribution is 2.11. The number of carbonyl (C=O) groups excluding carboxylic acids is 1. The van der Waals surface area contributed by atoms with Gasteiger partial charge in [0.1, 0.15) is 10.8 Å². The van der Waals surface area contributed by atoms with E-state index in [2.05, 4.69) is 27.1 Å². The third-order valence-electron chi connectivity index (χ3n) is 3.30. The molecule has 1 aromatic rings. The predicted octanol–water partition coefficient (Wildman–Crippen LogP) is 1.73. The highest BCUT2D eigenvalue weighted by Gasteiger charge is 2.21. The van der Waals surface area contributed by atoms with Gasteiger partial charge in [-0.2, -0.15) is 0 Å². The van der Waals surface area contributed by atoms with Gasteiger partial charge in [-0.05, 0) is 25.8 Å². The van der Waals surface area contributed by atoms with Gasteiger partial charge < -0.3 is 10.2 Å². The smallest absolute Gasteiger partial charge is 0.271 e. The first kappa shape index (κ1) is 14.2. The van der Waals surface area contributed by atoms with Crippen molar-refractivity contribution in [1.29, 1.82) is 0 Å². The van der Waals surface area contributed by atoms with Crippen molar-refractivity contribution in [1.82, 2.24) is 20.2 Å². The molecule has 0 bridgehead atoms. The second-order valence-corrected chi connectivity index (χ2v) is 5.20. The van der Waals surface area contributed by atoms with E-state index in [0.29, 0.717) is 0 Å². The lowest BCUT2D eigenvalue weighted by Gasteiger charge is -2.31. The van der Waals surface area contributed by atoms with Crippen molar-refractivity contribution >= 4 is 17.5 Å². The van der Waals surface area contributed by atoms with Crippen LogP contribution in [0.4, 0.5) is 0 Å². The monoisotopic (exact) mass is 282 g/mol. The van der Waals surface area contributed by atoms with Crippen LogP contribution in [-0.4, -0.2) is 46.5 Å². The first-order valence-electron chi connectivity index (χ1n) is 6.70. The Kier molecular flexibility index (Phi) is 5.10. The van der Waals surface area contributed by atoms with Crippen molar-refractivity contribution in [3.8, 4) is 0 Å². The van der Waals surface area contributed by atoms with Crippen molar-refractivity contribution in [3.63, 3.8) is 0 Å². The summed E-state index contributed by atoms with van der Waals surface area (Å²) in [5.74, 6) is -0.191. The summed E-state index contributed by atoms with van der Waals surface area (Å²) in [4.78, 5) is 22.3. The molecule has 1 N–H and O–H groups in total. The first-order chi connectivity index (χ1) is 9.19. The molecule has 1 aliphatic rings. The van der Waals surface area contributed by atoms with Crippen LogP contribution >= 0.6 is 11.6 Å². The highest BCUT2D eigenvalue weighted by atomic mass is 35.5. The second-order valence-electron chi connectivity index (χ2n) is 4.82. The number of hydrogen-bond acceptors (Lipinski definition) is 4. The number of halogens is 1. The van der Waals surface area contributed by atoms with Crippen LogP contribution in [0, 0.1) is 0 Å². The molecule has 1 saturated heterocycles. The Morgan fingerprint density at radius 2 is 2.21 bits per heavy atom. The molecular formula is C13H19ClN4O. The van der Waals surface area contributed by atoms with Crippen molar-refractivity contribution in [2.24, 2.45) is 0 Å². The zero-order valence-corrected chi connectivity index (χ0v) is 11.9. The van der Waals surface area contributed by atoms with Gasteiger partial charge in [0.25, 0.3) is 5.91 Å². The van der Waals surface area contributed by atoms with Crippen LogP contribution in [0.5, 0.6) is 0 Å². The molecule has 0 aromatic carbocycles. The van der Waals surface area contributed by atoms with E-state index < -0.39 is 0 Å². The number of aromatic nitrogens is 2. The maximum atomic E-state index is 12.0. The third kappa shape index (κ3) is 4.14. The summed E-state index contributed by atoms with van der Waals surface area (Å²) in [6.07, 6.45) is 6.00. The number of piperidine rings is 1. The molecule has 19 heavy (non-hydrogen) atoms. The fourth-order valence-electron chi connectivity index (χ4n) is 2.33. The van der Waals surface area contributed by atoms with Gasteiger partial charge in [0.05, 0.1) is 12.4 Å². The Morgan fingerprint density at radius 3 is 2.84 bits per heavy atom. The third-order valence-corrected chi connectivity index (χ3v) is 3.48. The number of carbonyl (C=O) groups is 1. The molecule has 1 aromatic heterocycles. The van der Waals surface area contributed by atoms with E-state index in [1.54, 1.807) is 0 Å². The van der Waals surface area contributed by atoms with Crippen molar-refractivity contribution in [2.45, 2.75) is 32.2 Å². The minimum Gasteiger partial charge on any atom is -0.348 e. The van der Waals surface area contributed by atoms with Crippen LogP contribution in [0.15, 0.2) is 12.4 Å². The Balaban J connectivity index is 1.84. The van der Waals surface area contributed by atoms with Crippen molar-refractivity contribution < 1.29 is 4.79 Å². The van der Waals surface area contributed by atoms with Gasteiger partial charge in [0.15, 0.2) is 0 Å². The molecule has 104 valence electrons. The van der Waals surface area contributed by atoms with Crippen molar-refractivity contribution in [3.05, 3.63) is 23.2 Å². The normalized spacial score (nSPS) is 17.4. The Morgan fingerprint density at radius 1 is 1.47 bits per heavy atom. The topological polar surface area (TPSA) is 58.1 Å². The molecule has 2 heterocycles. The molecule has 0 aliphatic carbocycles. The standard InChI is InChI=1S/C13H19ClN4O/c1-2-5-18-6-3-10(4-7-18)16-13(19)11-8-15-9-12(14)17-11/h8-10H,2-7H2,1H3,(H,16,19). The largest absolute Gasteiger partial charge is 0.348 e. The predicted molar refractivity (Wildman–Crippen MR) is 74.3 cm³/mol.